The fourth-order valence-corrected chi connectivity index (χ4v) is 5.08. The van der Waals surface area contributed by atoms with Gasteiger partial charge in [0.05, 0.1) is 6.26 Å². The van der Waals surface area contributed by atoms with Gasteiger partial charge in [-0.05, 0) is 44.2 Å². The van der Waals surface area contributed by atoms with Crippen molar-refractivity contribution in [2.45, 2.75) is 32.4 Å². The Labute approximate surface area is 184 Å². The molecule has 4 heterocycles. The molecule has 1 unspecified atom stereocenters. The number of hydrogen-bond acceptors (Lipinski definition) is 7. The molecule has 0 spiro atoms. The molecule has 1 aromatic carbocycles. The summed E-state index contributed by atoms with van der Waals surface area (Å²) in [5.74, 6) is 0.852. The van der Waals surface area contributed by atoms with Gasteiger partial charge in [-0.2, -0.15) is 0 Å². The number of amides is 1. The van der Waals surface area contributed by atoms with Crippen LogP contribution in [-0.4, -0.2) is 51.9 Å². The van der Waals surface area contributed by atoms with Gasteiger partial charge in [0.2, 0.25) is 5.91 Å². The maximum absolute atomic E-state index is 11.8. The minimum Gasteiger partial charge on any atom is -0.464 e. The van der Waals surface area contributed by atoms with Crippen molar-refractivity contribution in [1.82, 2.24) is 19.8 Å². The van der Waals surface area contributed by atoms with Crippen LogP contribution >= 0.6 is 11.3 Å². The molecule has 0 aliphatic carbocycles. The van der Waals surface area contributed by atoms with Gasteiger partial charge in [0.1, 0.15) is 21.7 Å². The summed E-state index contributed by atoms with van der Waals surface area (Å²) >= 11 is 1.42. The van der Waals surface area contributed by atoms with E-state index in [1.54, 1.807) is 13.1 Å². The summed E-state index contributed by atoms with van der Waals surface area (Å²) < 4.78 is 11.8. The topological polar surface area (TPSA) is 71.7 Å². The van der Waals surface area contributed by atoms with Crippen LogP contribution < -0.4 is 4.74 Å². The number of ether oxygens (including phenoxy) is 1. The second kappa shape index (κ2) is 8.28. The maximum atomic E-state index is 11.8. The largest absolute Gasteiger partial charge is 0.464 e. The summed E-state index contributed by atoms with van der Waals surface area (Å²) in [5, 5.41) is 1.63. The van der Waals surface area contributed by atoms with Gasteiger partial charge in [-0.3, -0.25) is 9.69 Å². The highest BCUT2D eigenvalue weighted by atomic mass is 32.1. The van der Waals surface area contributed by atoms with Gasteiger partial charge in [-0.15, -0.1) is 0 Å². The number of likely N-dealkylation sites (N-methyl/N-ethyl adjacent to an activating group) is 1. The standard InChI is InChI=1S/C23H24N4O3S/c1-15(28)27-10-4-5-17(27)13-26(2)12-16-14-29-21-11-18(7-8-19(16)21)30-23-25-20-6-3-9-24-22(20)31-23/h3,6-9,11,14,17H,4-5,10,12-13H2,1-2H3. The van der Waals surface area contributed by atoms with Crippen LogP contribution in [0.4, 0.5) is 0 Å². The van der Waals surface area contributed by atoms with Gasteiger partial charge in [-0.1, -0.05) is 11.3 Å². The SMILES string of the molecule is CC(=O)N1CCCC1CN(C)Cc1coc2cc(Oc3nc4cccnc4s3)ccc12. The molecule has 1 fully saturated rings. The normalized spacial score (nSPS) is 16.6. The number of furan rings is 1. The van der Waals surface area contributed by atoms with Crippen molar-refractivity contribution in [3.63, 3.8) is 0 Å². The number of likely N-dealkylation sites (tertiary alicyclic amines) is 1. The van der Waals surface area contributed by atoms with Crippen LogP contribution in [0.25, 0.3) is 21.3 Å². The molecule has 3 aromatic heterocycles. The van der Waals surface area contributed by atoms with Crippen molar-refractivity contribution >= 4 is 38.6 Å². The van der Waals surface area contributed by atoms with Gasteiger partial charge in [0.15, 0.2) is 0 Å². The molecule has 8 heteroatoms. The Morgan fingerprint density at radius 2 is 2.29 bits per heavy atom. The molecular weight excluding hydrogens is 412 g/mol. The summed E-state index contributed by atoms with van der Waals surface area (Å²) in [5.41, 5.74) is 2.74. The molecule has 5 rings (SSSR count). The molecule has 1 saturated heterocycles. The van der Waals surface area contributed by atoms with Crippen LogP contribution in [0.15, 0.2) is 47.2 Å². The summed E-state index contributed by atoms with van der Waals surface area (Å²) in [6.07, 6.45) is 5.71. The van der Waals surface area contributed by atoms with Crippen molar-refractivity contribution in [2.24, 2.45) is 0 Å². The summed E-state index contributed by atoms with van der Waals surface area (Å²) in [7, 11) is 2.09. The van der Waals surface area contributed by atoms with E-state index in [4.69, 9.17) is 9.15 Å². The van der Waals surface area contributed by atoms with E-state index in [0.29, 0.717) is 17.0 Å². The Morgan fingerprint density at radius 3 is 3.13 bits per heavy atom. The highest BCUT2D eigenvalue weighted by Gasteiger charge is 2.27. The minimum absolute atomic E-state index is 0.168. The molecule has 7 nitrogen and oxygen atoms in total. The summed E-state index contributed by atoms with van der Waals surface area (Å²) in [4.78, 5) is 25.7. The number of pyridine rings is 1. The molecule has 0 radical (unpaired) electrons. The zero-order valence-corrected chi connectivity index (χ0v) is 18.4. The molecular formula is C23H24N4O3S. The number of aromatic nitrogens is 2. The number of nitrogens with zero attached hydrogens (tertiary/aromatic N) is 4. The number of thiazole rings is 1. The van der Waals surface area contributed by atoms with E-state index in [1.807, 2.05) is 41.5 Å². The zero-order valence-electron chi connectivity index (χ0n) is 17.6. The van der Waals surface area contributed by atoms with Gasteiger partial charge in [0.25, 0.3) is 5.19 Å². The molecule has 1 aliphatic rings. The monoisotopic (exact) mass is 436 g/mol. The lowest BCUT2D eigenvalue weighted by Crippen LogP contribution is -2.40. The molecule has 1 atom stereocenters. The predicted octanol–water partition coefficient (Wildman–Crippen LogP) is 4.67. The van der Waals surface area contributed by atoms with Crippen LogP contribution in [0.5, 0.6) is 10.9 Å². The Morgan fingerprint density at radius 1 is 1.39 bits per heavy atom. The van der Waals surface area contributed by atoms with Gasteiger partial charge in [0, 0.05) is 55.8 Å². The predicted molar refractivity (Wildman–Crippen MR) is 120 cm³/mol. The number of fused-ring (bicyclic) bond motifs is 2. The third-order valence-electron chi connectivity index (χ3n) is 5.72. The van der Waals surface area contributed by atoms with E-state index in [1.165, 1.54) is 11.3 Å². The first kappa shape index (κ1) is 20.0. The molecule has 160 valence electrons. The van der Waals surface area contributed by atoms with Crippen LogP contribution in [0.1, 0.15) is 25.3 Å². The van der Waals surface area contributed by atoms with E-state index < -0.39 is 0 Å². The first-order valence-corrected chi connectivity index (χ1v) is 11.2. The van der Waals surface area contributed by atoms with Crippen molar-refractivity contribution in [3.05, 3.63) is 48.4 Å². The van der Waals surface area contributed by atoms with Crippen LogP contribution in [0, 0.1) is 0 Å². The average Bonchev–Trinajstić information content (AvgIpc) is 3.46. The van der Waals surface area contributed by atoms with Crippen LogP contribution in [0.3, 0.4) is 0 Å². The van der Waals surface area contributed by atoms with Crippen LogP contribution in [0.2, 0.25) is 0 Å². The highest BCUT2D eigenvalue weighted by Crippen LogP contribution is 2.33. The van der Waals surface area contributed by atoms with Gasteiger partial charge < -0.3 is 14.1 Å². The average molecular weight is 437 g/mol. The molecule has 0 saturated carbocycles. The molecule has 31 heavy (non-hydrogen) atoms. The third-order valence-corrected chi connectivity index (χ3v) is 6.58. The number of hydrogen-bond donors (Lipinski definition) is 0. The first-order chi connectivity index (χ1) is 15.1. The molecule has 0 N–H and O–H groups in total. The van der Waals surface area contributed by atoms with Gasteiger partial charge in [-0.25, -0.2) is 9.97 Å². The third kappa shape index (κ3) is 4.13. The Hall–Kier alpha value is -2.97. The maximum Gasteiger partial charge on any atom is 0.281 e. The summed E-state index contributed by atoms with van der Waals surface area (Å²) in [6.45, 7) is 4.15. The highest BCUT2D eigenvalue weighted by molar-refractivity contribution is 7.19. The number of benzene rings is 1. The van der Waals surface area contributed by atoms with E-state index in [-0.39, 0.29) is 5.91 Å². The van der Waals surface area contributed by atoms with Crippen molar-refractivity contribution in [1.29, 1.82) is 0 Å². The quantitative estimate of drug-likeness (QED) is 0.437. The molecule has 0 bridgehead atoms. The van der Waals surface area contributed by atoms with Gasteiger partial charge >= 0.3 is 0 Å². The lowest BCUT2D eigenvalue weighted by molar-refractivity contribution is -0.129. The lowest BCUT2D eigenvalue weighted by Gasteiger charge is -2.27. The minimum atomic E-state index is 0.168. The second-order valence-electron chi connectivity index (χ2n) is 8.03. The van der Waals surface area contributed by atoms with Crippen LogP contribution in [-0.2, 0) is 11.3 Å². The Kier molecular flexibility index (Phi) is 5.33. The van der Waals surface area contributed by atoms with E-state index in [9.17, 15) is 4.79 Å². The Bertz CT molecular complexity index is 1200. The van der Waals surface area contributed by atoms with E-state index in [0.717, 1.165) is 59.4 Å². The lowest BCUT2D eigenvalue weighted by atomic mass is 10.1. The van der Waals surface area contributed by atoms with E-state index >= 15 is 0 Å². The van der Waals surface area contributed by atoms with E-state index in [2.05, 4.69) is 21.9 Å². The van der Waals surface area contributed by atoms with Crippen molar-refractivity contribution in [2.75, 3.05) is 20.1 Å². The fourth-order valence-electron chi connectivity index (χ4n) is 4.30. The fraction of sp³-hybridized carbons (Fsp3) is 0.348. The number of carbonyl (C=O) groups excluding carboxylic acids is 1. The number of rotatable bonds is 6. The first-order valence-electron chi connectivity index (χ1n) is 10.4. The molecule has 4 aromatic rings. The smallest absolute Gasteiger partial charge is 0.281 e. The zero-order chi connectivity index (χ0) is 21.4. The Balaban J connectivity index is 1.28. The van der Waals surface area contributed by atoms with Crippen molar-refractivity contribution < 1.29 is 13.9 Å². The molecule has 1 amide bonds. The molecule has 1 aliphatic heterocycles. The number of carbonyl (C=O) groups is 1. The van der Waals surface area contributed by atoms with Crippen molar-refractivity contribution in [3.8, 4) is 10.9 Å². The summed E-state index contributed by atoms with van der Waals surface area (Å²) in [6, 6.07) is 9.95. The second-order valence-corrected chi connectivity index (χ2v) is 8.97.